The first kappa shape index (κ1) is 11.8. The predicted molar refractivity (Wildman–Crippen MR) is 73.0 cm³/mol. The second-order valence-electron chi connectivity index (χ2n) is 4.78. The molecular formula is C14H16N4O. The van der Waals surface area contributed by atoms with Crippen LogP contribution in [-0.2, 0) is 12.8 Å². The van der Waals surface area contributed by atoms with Crippen molar-refractivity contribution < 1.29 is 4.79 Å². The first-order valence-electron chi connectivity index (χ1n) is 6.45. The van der Waals surface area contributed by atoms with Crippen molar-refractivity contribution in [1.82, 2.24) is 15.5 Å². The Balaban J connectivity index is 1.56. The van der Waals surface area contributed by atoms with Gasteiger partial charge in [-0.1, -0.05) is 18.2 Å². The van der Waals surface area contributed by atoms with Crippen molar-refractivity contribution in [3.8, 4) is 0 Å². The van der Waals surface area contributed by atoms with Gasteiger partial charge >= 0.3 is 6.03 Å². The maximum atomic E-state index is 11.9. The van der Waals surface area contributed by atoms with Gasteiger partial charge in [0.1, 0.15) is 0 Å². The number of fused-ring (bicyclic) bond motifs is 1. The molecule has 2 aromatic rings. The topological polar surface area (TPSA) is 69.8 Å². The number of aromatic amines is 1. The van der Waals surface area contributed by atoms with Gasteiger partial charge in [-0.05, 0) is 30.5 Å². The Bertz CT molecular complexity index is 564. The lowest BCUT2D eigenvalue weighted by molar-refractivity contribution is 0.247. The van der Waals surface area contributed by atoms with E-state index < -0.39 is 0 Å². The van der Waals surface area contributed by atoms with Gasteiger partial charge in [0.05, 0.1) is 6.20 Å². The number of hydrogen-bond acceptors (Lipinski definition) is 2. The Morgan fingerprint density at radius 1 is 1.32 bits per heavy atom. The highest BCUT2D eigenvalue weighted by Crippen LogP contribution is 2.18. The van der Waals surface area contributed by atoms with Crippen molar-refractivity contribution in [3.05, 3.63) is 47.8 Å². The zero-order valence-corrected chi connectivity index (χ0v) is 10.5. The van der Waals surface area contributed by atoms with Crippen LogP contribution in [0.4, 0.5) is 10.5 Å². The molecule has 2 amide bonds. The lowest BCUT2D eigenvalue weighted by atomic mass is 9.94. The highest BCUT2D eigenvalue weighted by atomic mass is 16.2. The van der Waals surface area contributed by atoms with E-state index in [9.17, 15) is 4.79 Å². The van der Waals surface area contributed by atoms with Gasteiger partial charge in [0.25, 0.3) is 0 Å². The van der Waals surface area contributed by atoms with Crippen LogP contribution in [0.1, 0.15) is 17.7 Å². The summed E-state index contributed by atoms with van der Waals surface area (Å²) in [4.78, 5) is 11.9. The smallest absolute Gasteiger partial charge is 0.319 e. The molecule has 1 atom stereocenters. The quantitative estimate of drug-likeness (QED) is 0.770. The van der Waals surface area contributed by atoms with E-state index in [0.717, 1.165) is 30.6 Å². The van der Waals surface area contributed by atoms with Gasteiger partial charge in [-0.3, -0.25) is 5.10 Å². The third kappa shape index (κ3) is 2.76. The number of carbonyl (C=O) groups excluding carboxylic acids is 1. The first-order valence-corrected chi connectivity index (χ1v) is 6.45. The van der Waals surface area contributed by atoms with E-state index in [0.29, 0.717) is 0 Å². The molecule has 0 bridgehead atoms. The number of hydrogen-bond donors (Lipinski definition) is 3. The molecule has 3 N–H and O–H groups in total. The fourth-order valence-corrected chi connectivity index (χ4v) is 2.41. The summed E-state index contributed by atoms with van der Waals surface area (Å²) in [5.74, 6) is 0. The summed E-state index contributed by atoms with van der Waals surface area (Å²) in [6, 6.07) is 9.46. The fourth-order valence-electron chi connectivity index (χ4n) is 2.41. The number of urea groups is 1. The zero-order chi connectivity index (χ0) is 13.1. The van der Waals surface area contributed by atoms with E-state index in [1.807, 2.05) is 36.5 Å². The first-order chi connectivity index (χ1) is 9.31. The molecular weight excluding hydrogens is 240 g/mol. The molecule has 1 aliphatic rings. The number of para-hydroxylation sites is 1. The highest BCUT2D eigenvalue weighted by molar-refractivity contribution is 5.89. The van der Waals surface area contributed by atoms with Gasteiger partial charge in [0.2, 0.25) is 0 Å². The van der Waals surface area contributed by atoms with E-state index in [1.54, 1.807) is 0 Å². The molecule has 1 aliphatic carbocycles. The number of aromatic nitrogens is 2. The number of nitrogens with zero attached hydrogens (tertiary/aromatic N) is 1. The second-order valence-corrected chi connectivity index (χ2v) is 4.78. The van der Waals surface area contributed by atoms with Crippen LogP contribution in [0.25, 0.3) is 0 Å². The van der Waals surface area contributed by atoms with Crippen LogP contribution in [0.5, 0.6) is 0 Å². The van der Waals surface area contributed by atoms with Gasteiger partial charge in [0.15, 0.2) is 0 Å². The lowest BCUT2D eigenvalue weighted by Gasteiger charge is -2.22. The number of H-pyrrole nitrogens is 1. The molecule has 5 nitrogen and oxygen atoms in total. The Morgan fingerprint density at radius 2 is 2.16 bits per heavy atom. The Labute approximate surface area is 111 Å². The maximum absolute atomic E-state index is 11.9. The lowest BCUT2D eigenvalue weighted by Crippen LogP contribution is -2.41. The standard InChI is InChI=1S/C14H16N4O/c19-14(16-11-4-2-1-3-5-11)17-12-7-6-10-9-15-18-13(10)8-12/h1-5,9,12H,6-8H2,(H,15,18)(H2,16,17,19). The van der Waals surface area contributed by atoms with Crippen molar-refractivity contribution in [2.24, 2.45) is 0 Å². The summed E-state index contributed by atoms with van der Waals surface area (Å²) in [6.07, 6.45) is 4.60. The van der Waals surface area contributed by atoms with E-state index in [1.165, 1.54) is 5.56 Å². The van der Waals surface area contributed by atoms with Crippen LogP contribution in [-0.4, -0.2) is 22.3 Å². The molecule has 0 saturated carbocycles. The van der Waals surface area contributed by atoms with E-state index in [-0.39, 0.29) is 12.1 Å². The third-order valence-corrected chi connectivity index (χ3v) is 3.39. The SMILES string of the molecule is O=C(Nc1ccccc1)NC1CCc2cn[nH]c2C1. The number of amides is 2. The highest BCUT2D eigenvalue weighted by Gasteiger charge is 2.21. The van der Waals surface area contributed by atoms with Crippen molar-refractivity contribution in [2.75, 3.05) is 5.32 Å². The number of nitrogens with one attached hydrogen (secondary N) is 3. The molecule has 19 heavy (non-hydrogen) atoms. The van der Waals surface area contributed by atoms with E-state index >= 15 is 0 Å². The molecule has 3 rings (SSSR count). The van der Waals surface area contributed by atoms with Crippen LogP contribution in [0, 0.1) is 0 Å². The van der Waals surface area contributed by atoms with Crippen LogP contribution in [0.2, 0.25) is 0 Å². The average molecular weight is 256 g/mol. The largest absolute Gasteiger partial charge is 0.335 e. The second kappa shape index (κ2) is 5.14. The number of rotatable bonds is 2. The molecule has 0 aliphatic heterocycles. The molecule has 0 spiro atoms. The van der Waals surface area contributed by atoms with Crippen molar-refractivity contribution in [2.45, 2.75) is 25.3 Å². The molecule has 1 aromatic heterocycles. The summed E-state index contributed by atoms with van der Waals surface area (Å²) in [6.45, 7) is 0. The number of aryl methyl sites for hydroxylation is 1. The molecule has 0 radical (unpaired) electrons. The average Bonchev–Trinajstić information content (AvgIpc) is 2.87. The molecule has 0 fully saturated rings. The van der Waals surface area contributed by atoms with E-state index in [2.05, 4.69) is 20.8 Å². The zero-order valence-electron chi connectivity index (χ0n) is 10.5. The van der Waals surface area contributed by atoms with Crippen LogP contribution < -0.4 is 10.6 Å². The summed E-state index contributed by atoms with van der Waals surface area (Å²) in [5, 5.41) is 12.9. The Hall–Kier alpha value is -2.30. The summed E-state index contributed by atoms with van der Waals surface area (Å²) in [5.41, 5.74) is 3.20. The summed E-state index contributed by atoms with van der Waals surface area (Å²) < 4.78 is 0. The van der Waals surface area contributed by atoms with Gasteiger partial charge in [-0.15, -0.1) is 0 Å². The third-order valence-electron chi connectivity index (χ3n) is 3.39. The van der Waals surface area contributed by atoms with Gasteiger partial charge in [-0.2, -0.15) is 5.10 Å². The molecule has 98 valence electrons. The molecule has 5 heteroatoms. The number of carbonyl (C=O) groups is 1. The minimum absolute atomic E-state index is 0.154. The van der Waals surface area contributed by atoms with E-state index in [4.69, 9.17) is 0 Å². The molecule has 1 heterocycles. The maximum Gasteiger partial charge on any atom is 0.319 e. The van der Waals surface area contributed by atoms with Gasteiger partial charge < -0.3 is 10.6 Å². The van der Waals surface area contributed by atoms with Gasteiger partial charge in [-0.25, -0.2) is 4.79 Å². The van der Waals surface area contributed by atoms with Crippen LogP contribution >= 0.6 is 0 Å². The van der Waals surface area contributed by atoms with Crippen molar-refractivity contribution in [3.63, 3.8) is 0 Å². The molecule has 0 saturated heterocycles. The summed E-state index contributed by atoms with van der Waals surface area (Å²) >= 11 is 0. The van der Waals surface area contributed by atoms with Crippen LogP contribution in [0.15, 0.2) is 36.5 Å². The van der Waals surface area contributed by atoms with Gasteiger partial charge in [0, 0.05) is 23.8 Å². The fraction of sp³-hybridized carbons (Fsp3) is 0.286. The minimum atomic E-state index is -0.154. The number of anilines is 1. The molecule has 1 aromatic carbocycles. The Kier molecular flexibility index (Phi) is 3.18. The normalized spacial score (nSPS) is 17.6. The Morgan fingerprint density at radius 3 is 3.00 bits per heavy atom. The van der Waals surface area contributed by atoms with Crippen molar-refractivity contribution in [1.29, 1.82) is 0 Å². The monoisotopic (exact) mass is 256 g/mol. The minimum Gasteiger partial charge on any atom is -0.335 e. The summed E-state index contributed by atoms with van der Waals surface area (Å²) in [7, 11) is 0. The number of benzene rings is 1. The van der Waals surface area contributed by atoms with Crippen molar-refractivity contribution >= 4 is 11.7 Å². The predicted octanol–water partition coefficient (Wildman–Crippen LogP) is 2.09. The van der Waals surface area contributed by atoms with Crippen LogP contribution in [0.3, 0.4) is 0 Å². The molecule has 1 unspecified atom stereocenters.